The summed E-state index contributed by atoms with van der Waals surface area (Å²) in [7, 11) is 2.05. The van der Waals surface area contributed by atoms with Crippen molar-refractivity contribution >= 4 is 27.7 Å². The largest absolute Gasteiger partial charge is 0.444 e. The molecule has 1 saturated heterocycles. The molecule has 1 aliphatic rings. The number of benzene rings is 1. The van der Waals surface area contributed by atoms with Crippen LogP contribution in [0.1, 0.15) is 22.2 Å². The Hall–Kier alpha value is -2.12. The number of hydrogen-bond donors (Lipinski definition) is 1. The average Bonchev–Trinajstić information content (AvgIpc) is 3.06. The lowest BCUT2D eigenvalue weighted by molar-refractivity contribution is -0.135. The fraction of sp³-hybridized carbons (Fsp3) is 0.333. The molecule has 0 spiro atoms. The van der Waals surface area contributed by atoms with E-state index >= 15 is 0 Å². The van der Waals surface area contributed by atoms with Crippen LogP contribution in [0.25, 0.3) is 0 Å². The maximum absolute atomic E-state index is 12.7. The van der Waals surface area contributed by atoms with Crippen LogP contribution in [-0.2, 0) is 4.79 Å². The molecule has 0 radical (unpaired) electrons. The van der Waals surface area contributed by atoms with Gasteiger partial charge in [0, 0.05) is 19.6 Å². The molecule has 7 heteroatoms. The molecule has 1 aliphatic heterocycles. The fourth-order valence-corrected chi connectivity index (χ4v) is 3.27. The number of rotatable bonds is 4. The van der Waals surface area contributed by atoms with Crippen LogP contribution >= 0.6 is 15.9 Å². The molecule has 0 unspecified atom stereocenters. The molecule has 1 N–H and O–H groups in total. The number of carbonyl (C=O) groups is 2. The number of carbonyl (C=O) groups excluding carboxylic acids is 2. The van der Waals surface area contributed by atoms with E-state index in [1.807, 2.05) is 42.3 Å². The van der Waals surface area contributed by atoms with Gasteiger partial charge in [0.15, 0.2) is 10.4 Å². The van der Waals surface area contributed by atoms with Gasteiger partial charge in [-0.25, -0.2) is 0 Å². The lowest BCUT2D eigenvalue weighted by Gasteiger charge is -2.40. The predicted octanol–water partition coefficient (Wildman–Crippen LogP) is 2.29. The van der Waals surface area contributed by atoms with Crippen LogP contribution in [0, 0.1) is 0 Å². The zero-order valence-corrected chi connectivity index (χ0v) is 15.5. The van der Waals surface area contributed by atoms with Crippen molar-refractivity contribution in [2.24, 2.45) is 0 Å². The molecule has 3 rings (SSSR count). The second-order valence-electron chi connectivity index (χ2n) is 6.06. The van der Waals surface area contributed by atoms with Gasteiger partial charge in [0.2, 0.25) is 5.91 Å². The zero-order valence-electron chi connectivity index (χ0n) is 13.9. The van der Waals surface area contributed by atoms with Crippen LogP contribution in [-0.4, -0.2) is 54.8 Å². The SMILES string of the molecule is CN1CCN(C(=O)CNC(=O)c2ccc(Br)o2)[C@H](c2ccccc2)C1. The number of nitrogens with one attached hydrogen (secondary N) is 1. The van der Waals surface area contributed by atoms with E-state index in [2.05, 4.69) is 26.1 Å². The van der Waals surface area contributed by atoms with Gasteiger partial charge in [-0.3, -0.25) is 9.59 Å². The molecule has 1 atom stereocenters. The second kappa shape index (κ2) is 7.84. The third-order valence-corrected chi connectivity index (χ3v) is 4.71. The summed E-state index contributed by atoms with van der Waals surface area (Å²) in [5.74, 6) is -0.317. The first kappa shape index (κ1) is 17.7. The van der Waals surface area contributed by atoms with Crippen molar-refractivity contribution in [3.63, 3.8) is 0 Å². The van der Waals surface area contributed by atoms with Crippen LogP contribution < -0.4 is 5.32 Å². The Morgan fingerprint density at radius 1 is 1.20 bits per heavy atom. The molecular formula is C18H20BrN3O3. The number of piperazine rings is 1. The van der Waals surface area contributed by atoms with Gasteiger partial charge in [-0.15, -0.1) is 0 Å². The summed E-state index contributed by atoms with van der Waals surface area (Å²) in [6, 6.07) is 13.2. The Morgan fingerprint density at radius 3 is 2.64 bits per heavy atom. The molecule has 1 fully saturated rings. The summed E-state index contributed by atoms with van der Waals surface area (Å²) >= 11 is 3.16. The van der Waals surface area contributed by atoms with Gasteiger partial charge < -0.3 is 19.5 Å². The van der Waals surface area contributed by atoms with Crippen LogP contribution in [0.3, 0.4) is 0 Å². The molecule has 2 heterocycles. The van der Waals surface area contributed by atoms with Gasteiger partial charge in [0.25, 0.3) is 5.91 Å². The number of halogens is 1. The molecule has 0 bridgehead atoms. The van der Waals surface area contributed by atoms with E-state index < -0.39 is 5.91 Å². The Balaban J connectivity index is 1.66. The molecule has 132 valence electrons. The van der Waals surface area contributed by atoms with E-state index in [0.717, 1.165) is 18.7 Å². The normalized spacial score (nSPS) is 18.2. The maximum atomic E-state index is 12.7. The number of furan rings is 1. The van der Waals surface area contributed by atoms with Crippen molar-refractivity contribution in [1.82, 2.24) is 15.1 Å². The summed E-state index contributed by atoms with van der Waals surface area (Å²) in [4.78, 5) is 28.8. The first-order valence-electron chi connectivity index (χ1n) is 8.11. The summed E-state index contributed by atoms with van der Waals surface area (Å²) in [5, 5.41) is 2.63. The van der Waals surface area contributed by atoms with E-state index in [0.29, 0.717) is 11.2 Å². The molecule has 1 aromatic heterocycles. The molecule has 6 nitrogen and oxygen atoms in total. The van der Waals surface area contributed by atoms with Crippen molar-refractivity contribution in [2.75, 3.05) is 33.2 Å². The van der Waals surface area contributed by atoms with E-state index in [1.54, 1.807) is 12.1 Å². The second-order valence-corrected chi connectivity index (χ2v) is 6.84. The van der Waals surface area contributed by atoms with Crippen molar-refractivity contribution < 1.29 is 14.0 Å². The highest BCUT2D eigenvalue weighted by Gasteiger charge is 2.30. The average molecular weight is 406 g/mol. The van der Waals surface area contributed by atoms with Crippen LogP contribution in [0.5, 0.6) is 0 Å². The van der Waals surface area contributed by atoms with Gasteiger partial charge in [0.1, 0.15) is 0 Å². The Kier molecular flexibility index (Phi) is 5.55. The smallest absolute Gasteiger partial charge is 0.287 e. The summed E-state index contributed by atoms with van der Waals surface area (Å²) in [6.45, 7) is 2.17. The monoisotopic (exact) mass is 405 g/mol. The van der Waals surface area contributed by atoms with Gasteiger partial charge in [0.05, 0.1) is 12.6 Å². The van der Waals surface area contributed by atoms with Crippen molar-refractivity contribution in [3.05, 3.63) is 58.5 Å². The fourth-order valence-electron chi connectivity index (χ4n) is 2.96. The lowest BCUT2D eigenvalue weighted by Crippen LogP contribution is -2.51. The highest BCUT2D eigenvalue weighted by molar-refractivity contribution is 9.10. The van der Waals surface area contributed by atoms with E-state index in [1.165, 1.54) is 0 Å². The molecular weight excluding hydrogens is 386 g/mol. The zero-order chi connectivity index (χ0) is 17.8. The van der Waals surface area contributed by atoms with E-state index in [-0.39, 0.29) is 24.3 Å². The quantitative estimate of drug-likeness (QED) is 0.847. The first-order chi connectivity index (χ1) is 12.0. The van der Waals surface area contributed by atoms with Gasteiger partial charge in [-0.1, -0.05) is 30.3 Å². The van der Waals surface area contributed by atoms with Gasteiger partial charge in [-0.2, -0.15) is 0 Å². The molecule has 0 saturated carbocycles. The third-order valence-electron chi connectivity index (χ3n) is 4.29. The Morgan fingerprint density at radius 2 is 1.96 bits per heavy atom. The number of hydrogen-bond acceptors (Lipinski definition) is 4. The van der Waals surface area contributed by atoms with Crippen LogP contribution in [0.4, 0.5) is 0 Å². The number of nitrogens with zero attached hydrogens (tertiary/aromatic N) is 2. The van der Waals surface area contributed by atoms with Crippen molar-refractivity contribution in [2.45, 2.75) is 6.04 Å². The molecule has 2 aromatic rings. The third kappa shape index (κ3) is 4.29. The number of amides is 2. The first-order valence-corrected chi connectivity index (χ1v) is 8.90. The van der Waals surface area contributed by atoms with Crippen LogP contribution in [0.2, 0.25) is 0 Å². The Bertz CT molecular complexity index is 747. The summed E-state index contributed by atoms with van der Waals surface area (Å²) in [6.07, 6.45) is 0. The molecule has 2 amide bonds. The topological polar surface area (TPSA) is 65.8 Å². The molecule has 25 heavy (non-hydrogen) atoms. The van der Waals surface area contributed by atoms with Crippen molar-refractivity contribution in [3.8, 4) is 0 Å². The molecule has 1 aromatic carbocycles. The molecule has 0 aliphatic carbocycles. The van der Waals surface area contributed by atoms with E-state index in [9.17, 15) is 9.59 Å². The van der Waals surface area contributed by atoms with Crippen molar-refractivity contribution in [1.29, 1.82) is 0 Å². The standard InChI is InChI=1S/C18H20BrN3O3/c1-21-9-10-22(14(12-21)13-5-3-2-4-6-13)17(23)11-20-18(24)15-7-8-16(19)25-15/h2-8,14H,9-12H2,1H3,(H,20,24)/t14-/m0/s1. The number of likely N-dealkylation sites (N-methyl/N-ethyl adjacent to an activating group) is 1. The minimum absolute atomic E-state index is 0.0119. The van der Waals surface area contributed by atoms with E-state index in [4.69, 9.17) is 4.42 Å². The van der Waals surface area contributed by atoms with Crippen LogP contribution in [0.15, 0.2) is 51.6 Å². The van der Waals surface area contributed by atoms with Gasteiger partial charge >= 0.3 is 0 Å². The highest BCUT2D eigenvalue weighted by atomic mass is 79.9. The Labute approximate surface area is 154 Å². The minimum Gasteiger partial charge on any atom is -0.444 e. The summed E-state index contributed by atoms with van der Waals surface area (Å²) < 4.78 is 5.68. The predicted molar refractivity (Wildman–Crippen MR) is 97.1 cm³/mol. The van der Waals surface area contributed by atoms with Gasteiger partial charge in [-0.05, 0) is 40.7 Å². The maximum Gasteiger partial charge on any atom is 0.287 e. The summed E-state index contributed by atoms with van der Waals surface area (Å²) in [5.41, 5.74) is 1.10. The minimum atomic E-state index is -0.399. The highest BCUT2D eigenvalue weighted by Crippen LogP contribution is 2.24. The lowest BCUT2D eigenvalue weighted by atomic mass is 10.0.